The van der Waals surface area contributed by atoms with Crippen LogP contribution in [0.5, 0.6) is 0 Å². The number of hydrogen-bond donors (Lipinski definition) is 0. The summed E-state index contributed by atoms with van der Waals surface area (Å²) in [7, 11) is 1.37. The summed E-state index contributed by atoms with van der Waals surface area (Å²) in [6.07, 6.45) is 3.17. The van der Waals surface area contributed by atoms with Gasteiger partial charge in [0.2, 0.25) is 0 Å². The largest absolute Gasteiger partial charge is 0.466 e. The highest BCUT2D eigenvalue weighted by atomic mass is 127. The number of carbonyl (C=O) groups excluding carboxylic acids is 1. The van der Waals surface area contributed by atoms with Crippen LogP contribution >= 0.6 is 33.9 Å². The SMILES string of the molecule is COC(=O)/C=C/c1cc(I)cs1. The summed E-state index contributed by atoms with van der Waals surface area (Å²) in [5.41, 5.74) is 0. The Morgan fingerprint density at radius 3 is 3.00 bits per heavy atom. The molecule has 64 valence electrons. The smallest absolute Gasteiger partial charge is 0.330 e. The first-order valence-electron chi connectivity index (χ1n) is 3.22. The van der Waals surface area contributed by atoms with E-state index in [0.29, 0.717) is 0 Å². The number of thiophene rings is 1. The Hall–Kier alpha value is -0.360. The molecular weight excluding hydrogens is 287 g/mol. The maximum Gasteiger partial charge on any atom is 0.330 e. The Balaban J connectivity index is 2.63. The van der Waals surface area contributed by atoms with Crippen LogP contribution in [-0.2, 0) is 9.53 Å². The van der Waals surface area contributed by atoms with Crippen LogP contribution in [0.15, 0.2) is 17.5 Å². The van der Waals surface area contributed by atoms with E-state index in [1.165, 1.54) is 16.8 Å². The Kier molecular flexibility index (Phi) is 3.74. The van der Waals surface area contributed by atoms with E-state index in [9.17, 15) is 4.79 Å². The second-order valence-electron chi connectivity index (χ2n) is 2.02. The molecule has 0 atom stereocenters. The molecule has 0 aliphatic carbocycles. The molecule has 12 heavy (non-hydrogen) atoms. The highest BCUT2D eigenvalue weighted by Crippen LogP contribution is 2.17. The first kappa shape index (κ1) is 9.73. The van der Waals surface area contributed by atoms with Crippen molar-refractivity contribution in [3.05, 3.63) is 26.0 Å². The van der Waals surface area contributed by atoms with E-state index in [4.69, 9.17) is 0 Å². The van der Waals surface area contributed by atoms with Gasteiger partial charge >= 0.3 is 5.97 Å². The van der Waals surface area contributed by atoms with Crippen molar-refractivity contribution in [3.8, 4) is 0 Å². The summed E-state index contributed by atoms with van der Waals surface area (Å²) in [5, 5.41) is 2.03. The minimum atomic E-state index is -0.321. The summed E-state index contributed by atoms with van der Waals surface area (Å²) in [4.78, 5) is 11.7. The fraction of sp³-hybridized carbons (Fsp3) is 0.125. The standard InChI is InChI=1S/C8H7IO2S/c1-11-8(10)3-2-7-4-6(9)5-12-7/h2-5H,1H3/b3-2+. The van der Waals surface area contributed by atoms with Crippen molar-refractivity contribution in [1.82, 2.24) is 0 Å². The van der Waals surface area contributed by atoms with Crippen molar-refractivity contribution in [2.75, 3.05) is 7.11 Å². The highest BCUT2D eigenvalue weighted by molar-refractivity contribution is 14.1. The Morgan fingerprint density at radius 2 is 2.50 bits per heavy atom. The summed E-state index contributed by atoms with van der Waals surface area (Å²) < 4.78 is 5.64. The van der Waals surface area contributed by atoms with Crippen LogP contribution in [0.3, 0.4) is 0 Å². The molecule has 0 unspecified atom stereocenters. The molecule has 0 N–H and O–H groups in total. The zero-order chi connectivity index (χ0) is 8.97. The van der Waals surface area contributed by atoms with E-state index in [0.717, 1.165) is 4.88 Å². The Labute approximate surface area is 88.4 Å². The lowest BCUT2D eigenvalue weighted by Gasteiger charge is -1.87. The van der Waals surface area contributed by atoms with Gasteiger partial charge in [-0.15, -0.1) is 11.3 Å². The number of ether oxygens (including phenoxy) is 1. The van der Waals surface area contributed by atoms with Crippen molar-refractivity contribution in [2.45, 2.75) is 0 Å². The maximum absolute atomic E-state index is 10.7. The van der Waals surface area contributed by atoms with Crippen molar-refractivity contribution < 1.29 is 9.53 Å². The van der Waals surface area contributed by atoms with Crippen LogP contribution in [0.4, 0.5) is 0 Å². The third-order valence-corrected chi connectivity index (χ3v) is 3.12. The van der Waals surface area contributed by atoms with Gasteiger partial charge in [-0.2, -0.15) is 0 Å². The van der Waals surface area contributed by atoms with E-state index in [-0.39, 0.29) is 5.97 Å². The number of methoxy groups -OCH3 is 1. The molecular formula is C8H7IO2S. The lowest BCUT2D eigenvalue weighted by atomic mass is 10.4. The fourth-order valence-electron chi connectivity index (χ4n) is 0.634. The van der Waals surface area contributed by atoms with E-state index < -0.39 is 0 Å². The molecule has 2 nitrogen and oxygen atoms in total. The second kappa shape index (κ2) is 4.61. The van der Waals surface area contributed by atoms with Gasteiger partial charge < -0.3 is 4.74 Å². The van der Waals surface area contributed by atoms with Gasteiger partial charge in [0.15, 0.2) is 0 Å². The van der Waals surface area contributed by atoms with Gasteiger partial charge in [-0.25, -0.2) is 4.79 Å². The van der Waals surface area contributed by atoms with Gasteiger partial charge in [-0.05, 0) is 34.7 Å². The van der Waals surface area contributed by atoms with Crippen molar-refractivity contribution in [1.29, 1.82) is 0 Å². The predicted octanol–water partition coefficient (Wildman–Crippen LogP) is 2.54. The number of halogens is 1. The molecule has 0 saturated carbocycles. The molecule has 4 heteroatoms. The lowest BCUT2D eigenvalue weighted by molar-refractivity contribution is -0.134. The lowest BCUT2D eigenvalue weighted by Crippen LogP contribution is -1.92. The molecule has 1 heterocycles. The molecule has 0 aliphatic rings. The molecule has 0 radical (unpaired) electrons. The number of esters is 1. The molecule has 0 aliphatic heterocycles. The fourth-order valence-corrected chi connectivity index (χ4v) is 2.22. The molecule has 1 aromatic heterocycles. The Morgan fingerprint density at radius 1 is 1.75 bits per heavy atom. The first-order chi connectivity index (χ1) is 5.72. The minimum Gasteiger partial charge on any atom is -0.466 e. The molecule has 0 bridgehead atoms. The monoisotopic (exact) mass is 294 g/mol. The zero-order valence-corrected chi connectivity index (χ0v) is 9.39. The molecule has 0 spiro atoms. The number of rotatable bonds is 2. The summed E-state index contributed by atoms with van der Waals surface area (Å²) in [6, 6.07) is 2.00. The van der Waals surface area contributed by atoms with Gasteiger partial charge in [0, 0.05) is 19.9 Å². The molecule has 0 amide bonds. The summed E-state index contributed by atoms with van der Waals surface area (Å²) >= 11 is 3.83. The van der Waals surface area contributed by atoms with E-state index in [1.807, 2.05) is 11.4 Å². The number of hydrogen-bond acceptors (Lipinski definition) is 3. The van der Waals surface area contributed by atoms with Gasteiger partial charge in [0.1, 0.15) is 0 Å². The number of carbonyl (C=O) groups is 1. The van der Waals surface area contributed by atoms with Gasteiger partial charge in [-0.1, -0.05) is 0 Å². The van der Waals surface area contributed by atoms with E-state index >= 15 is 0 Å². The molecule has 0 aromatic carbocycles. The molecule has 0 saturated heterocycles. The minimum absolute atomic E-state index is 0.321. The predicted molar refractivity (Wildman–Crippen MR) is 58.1 cm³/mol. The van der Waals surface area contributed by atoms with Crippen molar-refractivity contribution >= 4 is 46.0 Å². The van der Waals surface area contributed by atoms with Crippen LogP contribution in [0.2, 0.25) is 0 Å². The van der Waals surface area contributed by atoms with Crippen LogP contribution in [-0.4, -0.2) is 13.1 Å². The van der Waals surface area contributed by atoms with Crippen molar-refractivity contribution in [3.63, 3.8) is 0 Å². The average Bonchev–Trinajstić information content (AvgIpc) is 2.47. The summed E-state index contributed by atoms with van der Waals surface area (Å²) in [5.74, 6) is -0.321. The third-order valence-electron chi connectivity index (χ3n) is 1.17. The second-order valence-corrected chi connectivity index (χ2v) is 4.21. The van der Waals surface area contributed by atoms with Crippen LogP contribution in [0.1, 0.15) is 4.88 Å². The van der Waals surface area contributed by atoms with E-state index in [1.54, 1.807) is 17.4 Å². The summed E-state index contributed by atoms with van der Waals surface area (Å²) in [6.45, 7) is 0. The van der Waals surface area contributed by atoms with E-state index in [2.05, 4.69) is 27.3 Å². The molecule has 1 aromatic rings. The highest BCUT2D eigenvalue weighted by Gasteiger charge is 1.94. The maximum atomic E-state index is 10.7. The first-order valence-corrected chi connectivity index (χ1v) is 5.18. The quantitative estimate of drug-likeness (QED) is 0.476. The van der Waals surface area contributed by atoms with Gasteiger partial charge in [-0.3, -0.25) is 0 Å². The van der Waals surface area contributed by atoms with Crippen molar-refractivity contribution in [2.24, 2.45) is 0 Å². The zero-order valence-electron chi connectivity index (χ0n) is 6.41. The van der Waals surface area contributed by atoms with Crippen LogP contribution in [0, 0.1) is 3.57 Å². The van der Waals surface area contributed by atoms with Gasteiger partial charge in [0.05, 0.1) is 7.11 Å². The Bertz CT molecular complexity index is 304. The van der Waals surface area contributed by atoms with Crippen LogP contribution < -0.4 is 0 Å². The third kappa shape index (κ3) is 2.94. The normalized spacial score (nSPS) is 10.5. The molecule has 0 fully saturated rings. The average molecular weight is 294 g/mol. The topological polar surface area (TPSA) is 26.3 Å². The van der Waals surface area contributed by atoms with Crippen LogP contribution in [0.25, 0.3) is 6.08 Å². The van der Waals surface area contributed by atoms with Gasteiger partial charge in [0.25, 0.3) is 0 Å². The molecule has 1 rings (SSSR count).